The average Bonchev–Trinajstić information content (AvgIpc) is 3.24. The number of methoxy groups -OCH3 is 1. The number of thioether (sulfide) groups is 1. The Morgan fingerprint density at radius 2 is 1.81 bits per heavy atom. The molecule has 0 saturated carbocycles. The number of ether oxygens (including phenoxy) is 1. The molecule has 0 saturated heterocycles. The average molecular weight is 499 g/mol. The lowest BCUT2D eigenvalue weighted by molar-refractivity contribution is -0.124. The van der Waals surface area contributed by atoms with E-state index >= 15 is 0 Å². The first-order chi connectivity index (χ1) is 17.5. The van der Waals surface area contributed by atoms with E-state index in [1.165, 1.54) is 11.8 Å². The van der Waals surface area contributed by atoms with Crippen LogP contribution in [0.3, 0.4) is 0 Å². The quantitative estimate of drug-likeness (QED) is 0.526. The van der Waals surface area contributed by atoms with Crippen molar-refractivity contribution in [2.45, 2.75) is 31.2 Å². The van der Waals surface area contributed by atoms with E-state index in [1.807, 2.05) is 85.8 Å². The molecule has 0 unspecified atom stereocenters. The fourth-order valence-electron chi connectivity index (χ4n) is 4.18. The van der Waals surface area contributed by atoms with Crippen molar-refractivity contribution in [3.63, 3.8) is 0 Å². The number of carbonyl (C=O) groups excluding carboxylic acids is 2. The van der Waals surface area contributed by atoms with E-state index in [2.05, 4.69) is 5.32 Å². The normalized spacial score (nSPS) is 17.0. The zero-order chi connectivity index (χ0) is 25.1. The van der Waals surface area contributed by atoms with Crippen LogP contribution in [-0.4, -0.2) is 46.1 Å². The summed E-state index contributed by atoms with van der Waals surface area (Å²) in [5, 5.41) is 2.97. The number of rotatable bonds is 7. The minimum Gasteiger partial charge on any atom is -0.497 e. The molecule has 36 heavy (non-hydrogen) atoms. The maximum Gasteiger partial charge on any atom is 0.259 e. The Kier molecular flexibility index (Phi) is 6.86. The topological polar surface area (TPSA) is 83.4 Å². The van der Waals surface area contributed by atoms with E-state index in [4.69, 9.17) is 14.7 Å². The number of benzene rings is 3. The maximum absolute atomic E-state index is 13.5. The van der Waals surface area contributed by atoms with Gasteiger partial charge < -0.3 is 10.1 Å². The van der Waals surface area contributed by atoms with Crippen molar-refractivity contribution in [3.8, 4) is 5.75 Å². The van der Waals surface area contributed by atoms with Crippen molar-refractivity contribution in [1.29, 1.82) is 0 Å². The van der Waals surface area contributed by atoms with Crippen molar-refractivity contribution in [3.05, 3.63) is 95.6 Å². The van der Waals surface area contributed by atoms with Gasteiger partial charge in [0, 0.05) is 18.5 Å². The Balaban J connectivity index is 1.33. The molecule has 0 fully saturated rings. The summed E-state index contributed by atoms with van der Waals surface area (Å²) in [6.07, 6.45) is 0.510. The van der Waals surface area contributed by atoms with E-state index in [1.54, 1.807) is 12.0 Å². The molecule has 2 heterocycles. The Morgan fingerprint density at radius 1 is 1.06 bits per heavy atom. The zero-order valence-corrected chi connectivity index (χ0v) is 20.9. The second-order valence-electron chi connectivity index (χ2n) is 8.57. The highest BCUT2D eigenvalue weighted by Gasteiger charge is 2.42. The van der Waals surface area contributed by atoms with E-state index in [-0.39, 0.29) is 11.8 Å². The van der Waals surface area contributed by atoms with Gasteiger partial charge in [0.2, 0.25) is 5.91 Å². The number of carbonyl (C=O) groups is 2. The van der Waals surface area contributed by atoms with Crippen LogP contribution >= 0.6 is 11.8 Å². The number of amidine groups is 2. The third kappa shape index (κ3) is 4.90. The summed E-state index contributed by atoms with van der Waals surface area (Å²) in [6.45, 7) is 2.19. The van der Waals surface area contributed by atoms with Gasteiger partial charge in [0.15, 0.2) is 5.17 Å². The minimum absolute atomic E-state index is 0.126. The standard InChI is InChI=1S/C28H26N4O3S/c1-18(26(33)29-17-20-11-8-12-21(15-20)35-2)36-28-31-23-14-7-6-13-22(23)25-30-24(27(34)32(25)28)16-19-9-4-3-5-10-19/h3-15,18,24H,16-17H2,1-2H3,(H,29,33)/t18-,24-/m1/s1. The highest BCUT2D eigenvalue weighted by molar-refractivity contribution is 8.15. The number of nitrogens with one attached hydrogen (secondary N) is 1. The van der Waals surface area contributed by atoms with E-state index < -0.39 is 11.3 Å². The van der Waals surface area contributed by atoms with Gasteiger partial charge >= 0.3 is 0 Å². The molecule has 2 atom stereocenters. The second-order valence-corrected chi connectivity index (χ2v) is 9.88. The zero-order valence-electron chi connectivity index (χ0n) is 20.0. The van der Waals surface area contributed by atoms with Gasteiger partial charge in [0.05, 0.1) is 18.0 Å². The lowest BCUT2D eigenvalue weighted by Crippen LogP contribution is -2.43. The molecule has 0 aliphatic carbocycles. The van der Waals surface area contributed by atoms with Crippen molar-refractivity contribution in [2.24, 2.45) is 9.98 Å². The lowest BCUT2D eigenvalue weighted by Gasteiger charge is -2.27. The number of hydrogen-bond acceptors (Lipinski definition) is 6. The highest BCUT2D eigenvalue weighted by Crippen LogP contribution is 2.35. The fourth-order valence-corrected chi connectivity index (χ4v) is 5.12. The largest absolute Gasteiger partial charge is 0.497 e. The molecule has 7 nitrogen and oxygen atoms in total. The molecule has 0 aromatic heterocycles. The molecular weight excluding hydrogens is 472 g/mol. The Hall–Kier alpha value is -3.91. The van der Waals surface area contributed by atoms with Crippen LogP contribution in [-0.2, 0) is 22.6 Å². The molecular formula is C28H26N4O3S. The van der Waals surface area contributed by atoms with Crippen LogP contribution < -0.4 is 10.1 Å². The Labute approximate surface area is 214 Å². The monoisotopic (exact) mass is 498 g/mol. The summed E-state index contributed by atoms with van der Waals surface area (Å²) in [6, 6.07) is 24.5. The van der Waals surface area contributed by atoms with Crippen LogP contribution in [0.25, 0.3) is 0 Å². The summed E-state index contributed by atoms with van der Waals surface area (Å²) in [4.78, 5) is 37.5. The molecule has 2 aliphatic rings. The van der Waals surface area contributed by atoms with Gasteiger partial charge in [0.25, 0.3) is 5.91 Å². The summed E-state index contributed by atoms with van der Waals surface area (Å²) in [7, 11) is 1.61. The van der Waals surface area contributed by atoms with Crippen molar-refractivity contribution in [1.82, 2.24) is 10.2 Å². The van der Waals surface area contributed by atoms with E-state index in [9.17, 15) is 9.59 Å². The van der Waals surface area contributed by atoms with Gasteiger partial charge in [0.1, 0.15) is 17.6 Å². The van der Waals surface area contributed by atoms with Gasteiger partial charge in [-0.25, -0.2) is 9.89 Å². The second kappa shape index (κ2) is 10.4. The van der Waals surface area contributed by atoms with Gasteiger partial charge in [-0.1, -0.05) is 66.4 Å². The Morgan fingerprint density at radius 3 is 2.61 bits per heavy atom. The summed E-state index contributed by atoms with van der Waals surface area (Å²) >= 11 is 1.26. The Bertz CT molecular complexity index is 1360. The van der Waals surface area contributed by atoms with Crippen LogP contribution in [0.4, 0.5) is 5.69 Å². The predicted molar refractivity (Wildman–Crippen MR) is 143 cm³/mol. The molecule has 1 N–H and O–H groups in total. The van der Waals surface area contributed by atoms with Crippen molar-refractivity contribution >= 4 is 40.3 Å². The van der Waals surface area contributed by atoms with Crippen LogP contribution in [0, 0.1) is 0 Å². The molecule has 182 valence electrons. The smallest absolute Gasteiger partial charge is 0.259 e. The summed E-state index contributed by atoms with van der Waals surface area (Å²) < 4.78 is 5.25. The number of aliphatic imine (C=N–C) groups is 2. The first-order valence-electron chi connectivity index (χ1n) is 11.7. The molecule has 0 spiro atoms. The van der Waals surface area contributed by atoms with Gasteiger partial charge in [-0.15, -0.1) is 0 Å². The van der Waals surface area contributed by atoms with Gasteiger partial charge in [-0.05, 0) is 42.3 Å². The van der Waals surface area contributed by atoms with Crippen LogP contribution in [0.2, 0.25) is 0 Å². The number of hydrogen-bond donors (Lipinski definition) is 1. The maximum atomic E-state index is 13.5. The number of amides is 2. The molecule has 3 aromatic carbocycles. The first-order valence-corrected chi connectivity index (χ1v) is 12.6. The predicted octanol–water partition coefficient (Wildman–Crippen LogP) is 4.33. The molecule has 3 aromatic rings. The molecule has 8 heteroatoms. The first kappa shape index (κ1) is 23.8. The van der Waals surface area contributed by atoms with Crippen LogP contribution in [0.1, 0.15) is 23.6 Å². The highest BCUT2D eigenvalue weighted by atomic mass is 32.2. The summed E-state index contributed by atoms with van der Waals surface area (Å²) in [5.74, 6) is 1.07. The van der Waals surface area contributed by atoms with E-state index in [0.717, 1.165) is 28.1 Å². The van der Waals surface area contributed by atoms with Crippen molar-refractivity contribution < 1.29 is 14.3 Å². The molecule has 2 amide bonds. The fraction of sp³-hybridized carbons (Fsp3) is 0.214. The van der Waals surface area contributed by atoms with E-state index in [0.29, 0.717) is 24.0 Å². The number of nitrogens with zero attached hydrogens (tertiary/aromatic N) is 3. The third-order valence-electron chi connectivity index (χ3n) is 6.07. The van der Waals surface area contributed by atoms with Gasteiger partial charge in [-0.3, -0.25) is 14.6 Å². The molecule has 0 bridgehead atoms. The third-order valence-corrected chi connectivity index (χ3v) is 7.12. The number of fused-ring (bicyclic) bond motifs is 3. The van der Waals surface area contributed by atoms with Gasteiger partial charge in [-0.2, -0.15) is 0 Å². The van der Waals surface area contributed by atoms with Crippen LogP contribution in [0.5, 0.6) is 5.75 Å². The number of para-hydroxylation sites is 1. The lowest BCUT2D eigenvalue weighted by atomic mass is 10.1. The SMILES string of the molecule is COc1cccc(CNC(=O)[C@@H](C)SC2=Nc3ccccc3C3=N[C@H](Cc4ccccc4)C(=O)N23)c1. The molecule has 2 aliphatic heterocycles. The molecule has 0 radical (unpaired) electrons. The minimum atomic E-state index is -0.531. The van der Waals surface area contributed by atoms with Crippen molar-refractivity contribution in [2.75, 3.05) is 7.11 Å². The van der Waals surface area contributed by atoms with Crippen LogP contribution in [0.15, 0.2) is 88.8 Å². The summed E-state index contributed by atoms with van der Waals surface area (Å²) in [5.41, 5.74) is 3.55. The molecule has 5 rings (SSSR count).